The zero-order valence-electron chi connectivity index (χ0n) is 12.4. The number of piperidine rings is 1. The van der Waals surface area contributed by atoms with Crippen LogP contribution in [0, 0.1) is 5.92 Å². The molecule has 2 rings (SSSR count). The van der Waals surface area contributed by atoms with Gasteiger partial charge in [0, 0.05) is 32.7 Å². The molecule has 2 aliphatic rings. The molecule has 2 heterocycles. The third-order valence-electron chi connectivity index (χ3n) is 4.16. The fourth-order valence-corrected chi connectivity index (χ4v) is 3.82. The van der Waals surface area contributed by atoms with E-state index in [2.05, 4.69) is 11.8 Å². The van der Waals surface area contributed by atoms with Crippen LogP contribution < -0.4 is 0 Å². The van der Waals surface area contributed by atoms with E-state index in [1.54, 1.807) is 4.90 Å². The molecule has 1 atom stereocenters. The second kappa shape index (κ2) is 6.41. The maximum Gasteiger partial charge on any atom is 0.236 e. The Bertz CT molecular complexity index is 444. The molecule has 2 aliphatic heterocycles. The highest BCUT2D eigenvalue weighted by atomic mass is 32.2. The largest absolute Gasteiger partial charge is 0.339 e. The van der Waals surface area contributed by atoms with Crippen LogP contribution in [0.3, 0.4) is 0 Å². The number of piperazine rings is 1. The second-order valence-electron chi connectivity index (χ2n) is 6.03. The Morgan fingerprint density at radius 1 is 1.15 bits per heavy atom. The normalized spacial score (nSPS) is 26.7. The van der Waals surface area contributed by atoms with E-state index in [0.29, 0.717) is 38.6 Å². The minimum Gasteiger partial charge on any atom is -0.339 e. The van der Waals surface area contributed by atoms with Crippen molar-refractivity contribution in [3.05, 3.63) is 0 Å². The minimum atomic E-state index is -3.12. The Balaban J connectivity index is 1.80. The van der Waals surface area contributed by atoms with Gasteiger partial charge in [0.2, 0.25) is 15.9 Å². The third kappa shape index (κ3) is 4.17. The van der Waals surface area contributed by atoms with Crippen molar-refractivity contribution < 1.29 is 13.2 Å². The van der Waals surface area contributed by atoms with Gasteiger partial charge in [-0.05, 0) is 25.3 Å². The van der Waals surface area contributed by atoms with Crippen LogP contribution >= 0.6 is 0 Å². The van der Waals surface area contributed by atoms with Crippen LogP contribution in [0.2, 0.25) is 0 Å². The van der Waals surface area contributed by atoms with Gasteiger partial charge in [0.25, 0.3) is 0 Å². The van der Waals surface area contributed by atoms with Gasteiger partial charge in [-0.2, -0.15) is 4.31 Å². The van der Waals surface area contributed by atoms with Crippen molar-refractivity contribution in [1.29, 1.82) is 0 Å². The van der Waals surface area contributed by atoms with Crippen LogP contribution in [0.25, 0.3) is 0 Å². The number of nitrogens with zero attached hydrogens (tertiary/aromatic N) is 3. The Hall–Kier alpha value is -0.660. The smallest absolute Gasteiger partial charge is 0.236 e. The molecule has 0 radical (unpaired) electrons. The number of sulfonamides is 1. The molecule has 0 aromatic rings. The number of hydrogen-bond donors (Lipinski definition) is 0. The lowest BCUT2D eigenvalue weighted by molar-refractivity contribution is -0.134. The number of carbonyl (C=O) groups excluding carboxylic acids is 1. The first-order valence-corrected chi connectivity index (χ1v) is 9.16. The number of amides is 1. The predicted octanol–water partition coefficient (Wildman–Crippen LogP) is -0.178. The average molecular weight is 303 g/mol. The quantitative estimate of drug-likeness (QED) is 0.726. The SMILES string of the molecule is CC1CCCN(CC(=O)N2CCN(S(C)(=O)=O)CC2)C1. The number of hydrogen-bond acceptors (Lipinski definition) is 4. The summed E-state index contributed by atoms with van der Waals surface area (Å²) in [6.45, 7) is 6.55. The summed E-state index contributed by atoms with van der Waals surface area (Å²) in [5.41, 5.74) is 0. The highest BCUT2D eigenvalue weighted by Crippen LogP contribution is 2.15. The van der Waals surface area contributed by atoms with Crippen molar-refractivity contribution in [2.75, 3.05) is 52.1 Å². The first kappa shape index (κ1) is 15.7. The summed E-state index contributed by atoms with van der Waals surface area (Å²) in [5, 5.41) is 0. The molecule has 1 amide bonds. The lowest BCUT2D eigenvalue weighted by atomic mass is 10.0. The van der Waals surface area contributed by atoms with Crippen LogP contribution in [0.5, 0.6) is 0 Å². The van der Waals surface area contributed by atoms with Gasteiger partial charge in [-0.15, -0.1) is 0 Å². The van der Waals surface area contributed by atoms with Crippen LogP contribution in [0.15, 0.2) is 0 Å². The molecule has 0 aliphatic carbocycles. The second-order valence-corrected chi connectivity index (χ2v) is 8.01. The van der Waals surface area contributed by atoms with Crippen molar-refractivity contribution in [3.8, 4) is 0 Å². The molecule has 0 bridgehead atoms. The third-order valence-corrected chi connectivity index (χ3v) is 5.46. The van der Waals surface area contributed by atoms with Gasteiger partial charge in [-0.1, -0.05) is 6.92 Å². The Kier molecular flexibility index (Phi) is 5.04. The van der Waals surface area contributed by atoms with Gasteiger partial charge < -0.3 is 4.90 Å². The molecular formula is C13H25N3O3S. The van der Waals surface area contributed by atoms with E-state index in [9.17, 15) is 13.2 Å². The average Bonchev–Trinajstić information content (AvgIpc) is 2.38. The Morgan fingerprint density at radius 3 is 2.35 bits per heavy atom. The maximum atomic E-state index is 12.2. The van der Waals surface area contributed by atoms with Crippen molar-refractivity contribution in [2.45, 2.75) is 19.8 Å². The number of likely N-dealkylation sites (tertiary alicyclic amines) is 1. The fourth-order valence-electron chi connectivity index (χ4n) is 2.99. The monoisotopic (exact) mass is 303 g/mol. The summed E-state index contributed by atoms with van der Waals surface area (Å²) in [6, 6.07) is 0. The van der Waals surface area contributed by atoms with Crippen LogP contribution in [0.4, 0.5) is 0 Å². The van der Waals surface area contributed by atoms with E-state index in [1.165, 1.54) is 17.0 Å². The fraction of sp³-hybridized carbons (Fsp3) is 0.923. The molecule has 116 valence electrons. The molecule has 0 spiro atoms. The lowest BCUT2D eigenvalue weighted by Crippen LogP contribution is -2.53. The molecule has 2 saturated heterocycles. The first-order valence-electron chi connectivity index (χ1n) is 7.31. The molecule has 0 aromatic heterocycles. The molecule has 0 saturated carbocycles. The van der Waals surface area contributed by atoms with Gasteiger partial charge in [0.05, 0.1) is 12.8 Å². The van der Waals surface area contributed by atoms with Crippen LogP contribution in [-0.4, -0.2) is 80.5 Å². The molecule has 7 heteroatoms. The topological polar surface area (TPSA) is 60.9 Å². The first-order chi connectivity index (χ1) is 9.36. The summed E-state index contributed by atoms with van der Waals surface area (Å²) >= 11 is 0. The van der Waals surface area contributed by atoms with Crippen molar-refractivity contribution >= 4 is 15.9 Å². The van der Waals surface area contributed by atoms with Gasteiger partial charge in [-0.3, -0.25) is 9.69 Å². The summed E-state index contributed by atoms with van der Waals surface area (Å²) in [5.74, 6) is 0.797. The van der Waals surface area contributed by atoms with Gasteiger partial charge in [-0.25, -0.2) is 8.42 Å². The summed E-state index contributed by atoms with van der Waals surface area (Å²) < 4.78 is 24.3. The summed E-state index contributed by atoms with van der Waals surface area (Å²) in [7, 11) is -3.12. The summed E-state index contributed by atoms with van der Waals surface area (Å²) in [4.78, 5) is 16.3. The predicted molar refractivity (Wildman–Crippen MR) is 77.8 cm³/mol. The Morgan fingerprint density at radius 2 is 1.80 bits per heavy atom. The number of rotatable bonds is 3. The van der Waals surface area contributed by atoms with E-state index in [4.69, 9.17) is 0 Å². The van der Waals surface area contributed by atoms with Gasteiger partial charge >= 0.3 is 0 Å². The maximum absolute atomic E-state index is 12.2. The van der Waals surface area contributed by atoms with Crippen LogP contribution in [0.1, 0.15) is 19.8 Å². The van der Waals surface area contributed by atoms with Gasteiger partial charge in [0.1, 0.15) is 0 Å². The zero-order valence-corrected chi connectivity index (χ0v) is 13.2. The molecule has 1 unspecified atom stereocenters. The van der Waals surface area contributed by atoms with Gasteiger partial charge in [0.15, 0.2) is 0 Å². The standard InChI is InChI=1S/C13H25N3O3S/c1-12-4-3-5-14(10-12)11-13(17)15-6-8-16(9-7-15)20(2,18)19/h12H,3-11H2,1-2H3. The number of carbonyl (C=O) groups is 1. The highest BCUT2D eigenvalue weighted by Gasteiger charge is 2.27. The van der Waals surface area contributed by atoms with E-state index in [0.717, 1.165) is 19.5 Å². The molecular weight excluding hydrogens is 278 g/mol. The van der Waals surface area contributed by atoms with E-state index in [1.807, 2.05) is 0 Å². The molecule has 0 aromatic carbocycles. The summed E-state index contributed by atoms with van der Waals surface area (Å²) in [6.07, 6.45) is 3.63. The van der Waals surface area contributed by atoms with E-state index in [-0.39, 0.29) is 5.91 Å². The molecule has 0 N–H and O–H groups in total. The van der Waals surface area contributed by atoms with E-state index >= 15 is 0 Å². The molecule has 2 fully saturated rings. The molecule has 6 nitrogen and oxygen atoms in total. The Labute approximate surface area is 121 Å². The van der Waals surface area contributed by atoms with Crippen molar-refractivity contribution in [1.82, 2.24) is 14.1 Å². The highest BCUT2D eigenvalue weighted by molar-refractivity contribution is 7.88. The van der Waals surface area contributed by atoms with Crippen LogP contribution in [-0.2, 0) is 14.8 Å². The van der Waals surface area contributed by atoms with E-state index < -0.39 is 10.0 Å². The zero-order chi connectivity index (χ0) is 14.8. The minimum absolute atomic E-state index is 0.132. The van der Waals surface area contributed by atoms with Crippen molar-refractivity contribution in [2.24, 2.45) is 5.92 Å². The van der Waals surface area contributed by atoms with Crippen molar-refractivity contribution in [3.63, 3.8) is 0 Å². The molecule has 20 heavy (non-hydrogen) atoms. The lowest BCUT2D eigenvalue weighted by Gasteiger charge is -2.36.